The Morgan fingerprint density at radius 2 is 1.46 bits per heavy atom. The van der Waals surface area contributed by atoms with Crippen molar-refractivity contribution in [3.63, 3.8) is 0 Å². The maximum absolute atomic E-state index is 11.4. The standard InChI is InChI=1S/C6H5N5O3.C5H4BrN5O/c1-10-6(14)11-2-7-3(5(12)13)4(11)8-9-10;1-10-5(12)11-2-7-3(6)4(11)8-9-10/h2H,1H3,(H,12,13);2H,1H3. The van der Waals surface area contributed by atoms with Crippen LogP contribution in [0.5, 0.6) is 0 Å². The van der Waals surface area contributed by atoms with Crippen LogP contribution >= 0.6 is 15.9 Å². The monoisotopic (exact) mass is 424 g/mol. The first-order valence-corrected chi connectivity index (χ1v) is 7.53. The zero-order valence-electron chi connectivity index (χ0n) is 13.2. The van der Waals surface area contributed by atoms with Crippen molar-refractivity contribution in [1.29, 1.82) is 0 Å². The molecule has 0 saturated heterocycles. The summed E-state index contributed by atoms with van der Waals surface area (Å²) in [5.41, 5.74) is -0.665. The van der Waals surface area contributed by atoms with E-state index in [1.807, 2.05) is 0 Å². The lowest BCUT2D eigenvalue weighted by atomic mass is 10.5. The van der Waals surface area contributed by atoms with E-state index in [0.29, 0.717) is 10.3 Å². The van der Waals surface area contributed by atoms with Crippen molar-refractivity contribution in [2.75, 3.05) is 0 Å². The molecular weight excluding hydrogens is 416 g/mol. The van der Waals surface area contributed by atoms with E-state index in [2.05, 4.69) is 46.5 Å². The predicted molar refractivity (Wildman–Crippen MR) is 86.7 cm³/mol. The number of nitrogens with zero attached hydrogens (tertiary/aromatic N) is 10. The van der Waals surface area contributed by atoms with Crippen LogP contribution in [-0.4, -0.2) is 59.8 Å². The Hall–Kier alpha value is -3.49. The first-order chi connectivity index (χ1) is 12.3. The van der Waals surface area contributed by atoms with Gasteiger partial charge in [-0.1, -0.05) is 10.4 Å². The zero-order chi connectivity index (χ0) is 19.0. The second-order valence-corrected chi connectivity index (χ2v) is 5.56. The topological polar surface area (TPSA) is 167 Å². The maximum Gasteiger partial charge on any atom is 0.358 e. The van der Waals surface area contributed by atoms with Gasteiger partial charge in [0.2, 0.25) is 0 Å². The quantitative estimate of drug-likeness (QED) is 0.364. The summed E-state index contributed by atoms with van der Waals surface area (Å²) in [5, 5.41) is 23.1. The van der Waals surface area contributed by atoms with Crippen LogP contribution in [0.3, 0.4) is 0 Å². The summed E-state index contributed by atoms with van der Waals surface area (Å²) in [6, 6.07) is 0. The van der Waals surface area contributed by atoms with Crippen molar-refractivity contribution in [3.05, 3.63) is 43.9 Å². The minimum absolute atomic E-state index is 0.0550. The van der Waals surface area contributed by atoms with Crippen LogP contribution in [0.1, 0.15) is 10.5 Å². The van der Waals surface area contributed by atoms with Crippen LogP contribution in [0.2, 0.25) is 0 Å². The SMILES string of the molecule is Cn1nnc2c(Br)ncn2c1=O.Cn1nnc2c(C(=O)O)ncn2c1=O. The fourth-order valence-corrected chi connectivity index (χ4v) is 2.25. The number of hydrogen-bond donors (Lipinski definition) is 1. The van der Waals surface area contributed by atoms with Gasteiger partial charge in [-0.05, 0) is 15.9 Å². The molecule has 15 heteroatoms. The molecule has 0 aliphatic heterocycles. The first kappa shape index (κ1) is 17.3. The third-order valence-corrected chi connectivity index (χ3v) is 3.72. The molecule has 0 amide bonds. The van der Waals surface area contributed by atoms with Crippen molar-refractivity contribution in [2.45, 2.75) is 0 Å². The van der Waals surface area contributed by atoms with Crippen molar-refractivity contribution in [2.24, 2.45) is 14.1 Å². The molecule has 0 bridgehead atoms. The average Bonchev–Trinajstić information content (AvgIpc) is 3.20. The van der Waals surface area contributed by atoms with Gasteiger partial charge in [0.05, 0.1) is 0 Å². The third-order valence-electron chi connectivity index (χ3n) is 3.16. The van der Waals surface area contributed by atoms with Crippen LogP contribution in [0.4, 0.5) is 0 Å². The highest BCUT2D eigenvalue weighted by Crippen LogP contribution is 2.09. The Kier molecular flexibility index (Phi) is 4.29. The van der Waals surface area contributed by atoms with Gasteiger partial charge in [-0.15, -0.1) is 10.2 Å². The van der Waals surface area contributed by atoms with Crippen molar-refractivity contribution in [1.82, 2.24) is 48.8 Å². The van der Waals surface area contributed by atoms with Gasteiger partial charge in [-0.3, -0.25) is 0 Å². The van der Waals surface area contributed by atoms with Crippen molar-refractivity contribution in [3.8, 4) is 0 Å². The second-order valence-electron chi connectivity index (χ2n) is 4.81. The number of aromatic nitrogens is 10. The smallest absolute Gasteiger partial charge is 0.358 e. The van der Waals surface area contributed by atoms with E-state index in [1.165, 1.54) is 24.8 Å². The molecule has 26 heavy (non-hydrogen) atoms. The van der Waals surface area contributed by atoms with E-state index in [9.17, 15) is 14.4 Å². The van der Waals surface area contributed by atoms with Crippen LogP contribution < -0.4 is 11.4 Å². The number of halogens is 1. The lowest BCUT2D eigenvalue weighted by molar-refractivity contribution is 0.0693. The lowest BCUT2D eigenvalue weighted by Gasteiger charge is -1.94. The molecular formula is C11H9BrN10O4. The number of fused-ring (bicyclic) bond motifs is 2. The van der Waals surface area contributed by atoms with E-state index in [-0.39, 0.29) is 17.0 Å². The highest BCUT2D eigenvalue weighted by molar-refractivity contribution is 9.10. The van der Waals surface area contributed by atoms with Gasteiger partial charge >= 0.3 is 17.3 Å². The largest absolute Gasteiger partial charge is 0.476 e. The maximum atomic E-state index is 11.4. The molecule has 0 aliphatic rings. The minimum Gasteiger partial charge on any atom is -0.476 e. The van der Waals surface area contributed by atoms with Gasteiger partial charge < -0.3 is 5.11 Å². The summed E-state index contributed by atoms with van der Waals surface area (Å²) in [5.74, 6) is -1.24. The number of aryl methyl sites for hydroxylation is 2. The predicted octanol–water partition coefficient (Wildman–Crippen LogP) is -1.89. The molecule has 14 nitrogen and oxygen atoms in total. The Balaban J connectivity index is 0.000000152. The molecule has 4 heterocycles. The molecule has 0 atom stereocenters. The highest BCUT2D eigenvalue weighted by atomic mass is 79.9. The van der Waals surface area contributed by atoms with Crippen LogP contribution in [-0.2, 0) is 14.1 Å². The Morgan fingerprint density at radius 3 is 2.04 bits per heavy atom. The van der Waals surface area contributed by atoms with E-state index >= 15 is 0 Å². The molecule has 0 saturated carbocycles. The molecule has 134 valence electrons. The fraction of sp³-hybridized carbons (Fsp3) is 0.182. The van der Waals surface area contributed by atoms with Crippen molar-refractivity contribution < 1.29 is 9.90 Å². The summed E-state index contributed by atoms with van der Waals surface area (Å²) in [4.78, 5) is 40.7. The molecule has 0 spiro atoms. The van der Waals surface area contributed by atoms with Gasteiger partial charge in [0, 0.05) is 14.1 Å². The Morgan fingerprint density at radius 1 is 0.962 bits per heavy atom. The summed E-state index contributed by atoms with van der Waals surface area (Å²) in [6.07, 6.45) is 2.51. The summed E-state index contributed by atoms with van der Waals surface area (Å²) in [7, 11) is 2.94. The van der Waals surface area contributed by atoms with E-state index < -0.39 is 11.7 Å². The minimum atomic E-state index is -1.24. The Bertz CT molecular complexity index is 1250. The molecule has 1 N–H and O–H groups in total. The van der Waals surface area contributed by atoms with Gasteiger partial charge in [0.25, 0.3) is 0 Å². The number of aromatic carboxylic acids is 1. The fourth-order valence-electron chi connectivity index (χ4n) is 1.89. The van der Waals surface area contributed by atoms with Gasteiger partial charge in [-0.25, -0.2) is 33.2 Å². The van der Waals surface area contributed by atoms with E-state index in [0.717, 1.165) is 20.1 Å². The third kappa shape index (κ3) is 2.83. The van der Waals surface area contributed by atoms with Gasteiger partial charge in [0.15, 0.2) is 21.6 Å². The highest BCUT2D eigenvalue weighted by Gasteiger charge is 2.15. The van der Waals surface area contributed by atoms with Crippen LogP contribution in [0.15, 0.2) is 26.8 Å². The first-order valence-electron chi connectivity index (χ1n) is 6.74. The lowest BCUT2D eigenvalue weighted by Crippen LogP contribution is -2.27. The molecule has 4 rings (SSSR count). The normalized spacial score (nSPS) is 10.7. The molecule has 0 aromatic carbocycles. The number of imidazole rings is 2. The number of hydrogen-bond acceptors (Lipinski definition) is 9. The Labute approximate surface area is 150 Å². The van der Waals surface area contributed by atoms with E-state index in [4.69, 9.17) is 5.11 Å². The summed E-state index contributed by atoms with van der Waals surface area (Å²) < 4.78 is 4.99. The summed E-state index contributed by atoms with van der Waals surface area (Å²) in [6.45, 7) is 0. The van der Waals surface area contributed by atoms with Gasteiger partial charge in [0.1, 0.15) is 12.7 Å². The van der Waals surface area contributed by atoms with Crippen molar-refractivity contribution >= 4 is 33.2 Å². The number of carboxylic acids is 1. The number of rotatable bonds is 1. The molecule has 4 aromatic rings. The summed E-state index contributed by atoms with van der Waals surface area (Å²) >= 11 is 3.14. The average molecular weight is 425 g/mol. The van der Waals surface area contributed by atoms with Crippen LogP contribution in [0, 0.1) is 0 Å². The molecule has 0 radical (unpaired) electrons. The molecule has 0 aliphatic carbocycles. The van der Waals surface area contributed by atoms with Gasteiger partial charge in [-0.2, -0.15) is 9.36 Å². The zero-order valence-corrected chi connectivity index (χ0v) is 14.8. The number of carboxylic acid groups (broad SMARTS) is 1. The molecule has 4 aromatic heterocycles. The molecule has 0 unspecified atom stereocenters. The van der Waals surface area contributed by atoms with E-state index in [1.54, 1.807) is 0 Å². The number of carbonyl (C=O) groups is 1. The second kappa shape index (κ2) is 6.43. The van der Waals surface area contributed by atoms with Crippen LogP contribution in [0.25, 0.3) is 11.3 Å². The molecule has 0 fully saturated rings.